The molecule has 6 nitrogen and oxygen atoms in total. The first-order valence-electron chi connectivity index (χ1n) is 8.46. The number of carbonyl (C=O) groups excluding carboxylic acids is 2. The van der Waals surface area contributed by atoms with Crippen molar-refractivity contribution in [3.63, 3.8) is 0 Å². The van der Waals surface area contributed by atoms with E-state index in [1.165, 1.54) is 0 Å². The number of carbonyl (C=O) groups is 2. The highest BCUT2D eigenvalue weighted by Gasteiger charge is 2.34. The van der Waals surface area contributed by atoms with Crippen molar-refractivity contribution in [2.75, 3.05) is 19.0 Å². The molecule has 3 rings (SSSR count). The van der Waals surface area contributed by atoms with Crippen LogP contribution in [0.4, 0.5) is 5.69 Å². The maximum Gasteiger partial charge on any atom is 0.229 e. The molecule has 1 unspecified atom stereocenters. The number of hydrogen-bond acceptors (Lipinski definition) is 5. The highest BCUT2D eigenvalue weighted by molar-refractivity contribution is 8.03. The normalized spacial score (nSPS) is 16.1. The number of hydrogen-bond donors (Lipinski definition) is 1. The van der Waals surface area contributed by atoms with E-state index in [-0.39, 0.29) is 24.2 Å². The van der Waals surface area contributed by atoms with Gasteiger partial charge in [0.05, 0.1) is 13.0 Å². The Morgan fingerprint density at radius 1 is 1.26 bits per heavy atom. The molecule has 1 heterocycles. The number of nitrogens with zero attached hydrogens (tertiary/aromatic N) is 2. The van der Waals surface area contributed by atoms with Crippen molar-refractivity contribution in [2.45, 2.75) is 17.9 Å². The molecule has 1 atom stereocenters. The smallest absolute Gasteiger partial charge is 0.229 e. The maximum absolute atomic E-state index is 12.5. The second-order valence-electron chi connectivity index (χ2n) is 6.23. The van der Waals surface area contributed by atoms with Gasteiger partial charge in [0.15, 0.2) is 0 Å². The van der Waals surface area contributed by atoms with Crippen molar-refractivity contribution in [3.05, 3.63) is 54.1 Å². The minimum absolute atomic E-state index is 0.0215. The van der Waals surface area contributed by atoms with Crippen LogP contribution in [0.15, 0.2) is 53.4 Å². The second kappa shape index (κ2) is 8.60. The number of likely N-dealkylation sites (tertiary alicyclic amines) is 1. The summed E-state index contributed by atoms with van der Waals surface area (Å²) in [6.45, 7) is 0.881. The first kappa shape index (κ1) is 18.8. The summed E-state index contributed by atoms with van der Waals surface area (Å²) in [7, 11) is 1.61. The van der Waals surface area contributed by atoms with Gasteiger partial charge in [-0.1, -0.05) is 12.1 Å². The van der Waals surface area contributed by atoms with Gasteiger partial charge in [-0.05, 0) is 53.7 Å². The van der Waals surface area contributed by atoms with E-state index in [0.29, 0.717) is 18.8 Å². The number of ether oxygens (including phenoxy) is 1. The Labute approximate surface area is 162 Å². The third kappa shape index (κ3) is 4.80. The topological polar surface area (TPSA) is 82.4 Å². The fourth-order valence-electron chi connectivity index (χ4n) is 2.96. The Bertz CT molecular complexity index is 860. The largest absolute Gasteiger partial charge is 0.497 e. The molecule has 7 heteroatoms. The van der Waals surface area contributed by atoms with E-state index in [0.717, 1.165) is 28.0 Å². The van der Waals surface area contributed by atoms with Gasteiger partial charge in [-0.2, -0.15) is 5.26 Å². The van der Waals surface area contributed by atoms with Crippen LogP contribution in [0.25, 0.3) is 0 Å². The summed E-state index contributed by atoms with van der Waals surface area (Å²) < 4.78 is 5.14. The number of amides is 2. The van der Waals surface area contributed by atoms with Gasteiger partial charge in [0.2, 0.25) is 11.8 Å². The molecule has 1 aliphatic heterocycles. The fourth-order valence-corrected chi connectivity index (χ4v) is 3.33. The Morgan fingerprint density at radius 2 is 1.96 bits per heavy atom. The van der Waals surface area contributed by atoms with Crippen molar-refractivity contribution in [1.82, 2.24) is 4.90 Å². The summed E-state index contributed by atoms with van der Waals surface area (Å²) in [5, 5.41) is 13.5. The first-order valence-corrected chi connectivity index (χ1v) is 9.28. The number of anilines is 1. The van der Waals surface area contributed by atoms with Gasteiger partial charge in [0.1, 0.15) is 11.2 Å². The average Bonchev–Trinajstić information content (AvgIpc) is 3.05. The Balaban J connectivity index is 1.57. The summed E-state index contributed by atoms with van der Waals surface area (Å²) in [5.74, 6) is 0.208. The average molecular weight is 381 g/mol. The zero-order valence-corrected chi connectivity index (χ0v) is 15.7. The van der Waals surface area contributed by atoms with Gasteiger partial charge in [0, 0.05) is 30.1 Å². The van der Waals surface area contributed by atoms with Gasteiger partial charge in [0.25, 0.3) is 0 Å². The van der Waals surface area contributed by atoms with Crippen molar-refractivity contribution in [2.24, 2.45) is 5.92 Å². The van der Waals surface area contributed by atoms with Crippen LogP contribution >= 0.6 is 11.8 Å². The standard InChI is InChI=1S/C20H19N3O3S/c1-26-17-6-2-14(3-7-17)11-23-12-15(10-19(23)24)20(25)22-16-4-8-18(9-5-16)27-13-21/h2-9,15H,10-12H2,1H3,(H,22,25). The predicted molar refractivity (Wildman–Crippen MR) is 103 cm³/mol. The molecular weight excluding hydrogens is 362 g/mol. The Hall–Kier alpha value is -2.98. The monoisotopic (exact) mass is 381 g/mol. The molecule has 1 saturated heterocycles. The molecule has 1 N–H and O–H groups in total. The molecule has 0 aliphatic carbocycles. The first-order chi connectivity index (χ1) is 13.1. The summed E-state index contributed by atoms with van der Waals surface area (Å²) >= 11 is 1.07. The number of methoxy groups -OCH3 is 1. The number of thioether (sulfide) groups is 1. The van der Waals surface area contributed by atoms with E-state index in [1.807, 2.05) is 29.7 Å². The minimum atomic E-state index is -0.371. The Kier molecular flexibility index (Phi) is 5.99. The lowest BCUT2D eigenvalue weighted by Gasteiger charge is -2.17. The van der Waals surface area contributed by atoms with E-state index >= 15 is 0 Å². The van der Waals surface area contributed by atoms with Crippen molar-refractivity contribution >= 4 is 29.3 Å². The molecule has 138 valence electrons. The summed E-state index contributed by atoms with van der Waals surface area (Å²) in [4.78, 5) is 27.3. The number of rotatable bonds is 6. The molecule has 0 spiro atoms. The number of benzene rings is 2. The van der Waals surface area contributed by atoms with E-state index in [2.05, 4.69) is 5.32 Å². The van der Waals surface area contributed by atoms with Gasteiger partial charge in [-0.25, -0.2) is 0 Å². The number of thiocyanates is 1. The van der Waals surface area contributed by atoms with Crippen molar-refractivity contribution in [1.29, 1.82) is 5.26 Å². The van der Waals surface area contributed by atoms with Crippen LogP contribution in [0.5, 0.6) is 5.75 Å². The summed E-state index contributed by atoms with van der Waals surface area (Å²) in [6.07, 6.45) is 0.213. The lowest BCUT2D eigenvalue weighted by molar-refractivity contribution is -0.128. The van der Waals surface area contributed by atoms with Crippen LogP contribution in [-0.4, -0.2) is 30.4 Å². The minimum Gasteiger partial charge on any atom is -0.497 e. The lowest BCUT2D eigenvalue weighted by atomic mass is 10.1. The fraction of sp³-hybridized carbons (Fsp3) is 0.250. The van der Waals surface area contributed by atoms with Crippen LogP contribution in [0.3, 0.4) is 0 Å². The van der Waals surface area contributed by atoms with Gasteiger partial charge < -0.3 is 15.0 Å². The predicted octanol–water partition coefficient (Wildman–Crippen LogP) is 3.26. The zero-order valence-electron chi connectivity index (χ0n) is 14.8. The molecule has 0 aromatic heterocycles. The van der Waals surface area contributed by atoms with Crippen LogP contribution in [0.1, 0.15) is 12.0 Å². The quantitative estimate of drug-likeness (QED) is 0.613. The van der Waals surface area contributed by atoms with Gasteiger partial charge in [-0.15, -0.1) is 0 Å². The molecular formula is C20H19N3O3S. The molecule has 0 bridgehead atoms. The summed E-state index contributed by atoms with van der Waals surface area (Å²) in [5.41, 5.74) is 1.65. The molecule has 1 aliphatic rings. The van der Waals surface area contributed by atoms with E-state index in [1.54, 1.807) is 36.3 Å². The lowest BCUT2D eigenvalue weighted by Crippen LogP contribution is -2.28. The number of nitriles is 1. The van der Waals surface area contributed by atoms with Crippen LogP contribution < -0.4 is 10.1 Å². The van der Waals surface area contributed by atoms with Crippen molar-refractivity contribution in [3.8, 4) is 11.2 Å². The van der Waals surface area contributed by atoms with Crippen LogP contribution in [0.2, 0.25) is 0 Å². The molecule has 0 radical (unpaired) electrons. The van der Waals surface area contributed by atoms with Crippen LogP contribution in [-0.2, 0) is 16.1 Å². The van der Waals surface area contributed by atoms with E-state index in [4.69, 9.17) is 10.00 Å². The second-order valence-corrected chi connectivity index (χ2v) is 7.09. The molecule has 0 saturated carbocycles. The molecule has 1 fully saturated rings. The third-order valence-corrected chi connectivity index (χ3v) is 5.00. The maximum atomic E-state index is 12.5. The Morgan fingerprint density at radius 3 is 2.59 bits per heavy atom. The molecule has 27 heavy (non-hydrogen) atoms. The third-order valence-electron chi connectivity index (χ3n) is 4.40. The molecule has 2 aromatic rings. The molecule has 2 aromatic carbocycles. The van der Waals surface area contributed by atoms with E-state index in [9.17, 15) is 9.59 Å². The van der Waals surface area contributed by atoms with Gasteiger partial charge in [-0.3, -0.25) is 9.59 Å². The zero-order chi connectivity index (χ0) is 19.2. The SMILES string of the molecule is COc1ccc(CN2CC(C(=O)Nc3ccc(SC#N)cc3)CC2=O)cc1. The number of nitrogens with one attached hydrogen (secondary N) is 1. The highest BCUT2D eigenvalue weighted by Crippen LogP contribution is 2.24. The van der Waals surface area contributed by atoms with E-state index < -0.39 is 0 Å². The highest BCUT2D eigenvalue weighted by atomic mass is 32.2. The molecule has 2 amide bonds. The van der Waals surface area contributed by atoms with Gasteiger partial charge >= 0.3 is 0 Å². The summed E-state index contributed by atoms with van der Waals surface area (Å²) in [6, 6.07) is 14.6. The van der Waals surface area contributed by atoms with Crippen molar-refractivity contribution < 1.29 is 14.3 Å². The van der Waals surface area contributed by atoms with Crippen LogP contribution in [0, 0.1) is 16.6 Å².